The second-order valence-electron chi connectivity index (χ2n) is 8.05. The minimum Gasteiger partial charge on any atom is -0.344 e. The molecule has 0 unspecified atom stereocenters. The van der Waals surface area contributed by atoms with Gasteiger partial charge in [-0.1, -0.05) is 103 Å². The molecule has 0 aliphatic heterocycles. The molecule has 0 aromatic heterocycles. The van der Waals surface area contributed by atoms with E-state index in [1.165, 1.54) is 50.0 Å². The molecule has 0 atom stereocenters. The predicted molar refractivity (Wildman–Crippen MR) is 134 cm³/mol. The highest BCUT2D eigenvalue weighted by Crippen LogP contribution is 2.36. The summed E-state index contributed by atoms with van der Waals surface area (Å²) in [6, 6.07) is 41.3. The van der Waals surface area contributed by atoms with Crippen molar-refractivity contribution in [2.75, 3.05) is 11.9 Å². The van der Waals surface area contributed by atoms with Crippen molar-refractivity contribution >= 4 is 22.1 Å². The molecule has 1 nitrogen and oxygen atoms in total. The topological polar surface area (TPSA) is 3.24 Å². The lowest BCUT2D eigenvalue weighted by molar-refractivity contribution is 1.21. The van der Waals surface area contributed by atoms with E-state index in [0.717, 1.165) is 0 Å². The SMILES string of the molecule is Cc1cccc(-c2ccc(-c3ccccc3N(C)c3ccc4ccccc4c3)cc2)c1. The summed E-state index contributed by atoms with van der Waals surface area (Å²) in [5.41, 5.74) is 8.61. The Balaban J connectivity index is 1.51. The lowest BCUT2D eigenvalue weighted by Gasteiger charge is -2.23. The zero-order chi connectivity index (χ0) is 21.2. The van der Waals surface area contributed by atoms with Gasteiger partial charge in [0.25, 0.3) is 0 Å². The lowest BCUT2D eigenvalue weighted by atomic mass is 9.98. The van der Waals surface area contributed by atoms with Gasteiger partial charge in [-0.15, -0.1) is 0 Å². The van der Waals surface area contributed by atoms with Gasteiger partial charge in [0.1, 0.15) is 0 Å². The van der Waals surface area contributed by atoms with E-state index in [4.69, 9.17) is 0 Å². The van der Waals surface area contributed by atoms with Crippen molar-refractivity contribution in [1.82, 2.24) is 0 Å². The van der Waals surface area contributed by atoms with E-state index in [-0.39, 0.29) is 0 Å². The van der Waals surface area contributed by atoms with E-state index >= 15 is 0 Å². The van der Waals surface area contributed by atoms with Crippen molar-refractivity contribution in [2.45, 2.75) is 6.92 Å². The molecule has 0 bridgehead atoms. The number of rotatable bonds is 4. The number of hydrogen-bond donors (Lipinski definition) is 0. The molecule has 1 heteroatoms. The fourth-order valence-corrected chi connectivity index (χ4v) is 4.20. The van der Waals surface area contributed by atoms with Crippen LogP contribution in [0.1, 0.15) is 5.56 Å². The molecular formula is C30H25N. The van der Waals surface area contributed by atoms with Crippen molar-refractivity contribution < 1.29 is 0 Å². The van der Waals surface area contributed by atoms with Crippen LogP contribution in [0.4, 0.5) is 11.4 Å². The van der Waals surface area contributed by atoms with E-state index in [9.17, 15) is 0 Å². The van der Waals surface area contributed by atoms with Crippen LogP contribution in [0.2, 0.25) is 0 Å². The average molecular weight is 400 g/mol. The Morgan fingerprint density at radius 2 is 1.23 bits per heavy atom. The summed E-state index contributed by atoms with van der Waals surface area (Å²) in [7, 11) is 2.14. The van der Waals surface area contributed by atoms with Crippen LogP contribution in [0.3, 0.4) is 0 Å². The summed E-state index contributed by atoms with van der Waals surface area (Å²) in [6.07, 6.45) is 0. The van der Waals surface area contributed by atoms with Gasteiger partial charge in [-0.3, -0.25) is 0 Å². The van der Waals surface area contributed by atoms with Gasteiger partial charge in [-0.05, 0) is 52.6 Å². The van der Waals surface area contributed by atoms with E-state index in [1.54, 1.807) is 0 Å². The van der Waals surface area contributed by atoms with E-state index < -0.39 is 0 Å². The van der Waals surface area contributed by atoms with Crippen LogP contribution in [0.5, 0.6) is 0 Å². The summed E-state index contributed by atoms with van der Waals surface area (Å²) < 4.78 is 0. The molecule has 0 amide bonds. The molecule has 5 rings (SSSR count). The van der Waals surface area contributed by atoms with E-state index in [0.29, 0.717) is 0 Å². The van der Waals surface area contributed by atoms with Gasteiger partial charge in [0.2, 0.25) is 0 Å². The molecule has 5 aromatic rings. The molecule has 0 fully saturated rings. The summed E-state index contributed by atoms with van der Waals surface area (Å²) in [4.78, 5) is 2.27. The lowest BCUT2D eigenvalue weighted by Crippen LogP contribution is -2.10. The van der Waals surface area contributed by atoms with Crippen LogP contribution in [0, 0.1) is 6.92 Å². The minimum atomic E-state index is 1.18. The van der Waals surface area contributed by atoms with Gasteiger partial charge in [0, 0.05) is 24.0 Å². The Morgan fingerprint density at radius 3 is 2.03 bits per heavy atom. The van der Waals surface area contributed by atoms with Gasteiger partial charge in [-0.25, -0.2) is 0 Å². The van der Waals surface area contributed by atoms with Crippen molar-refractivity contribution in [2.24, 2.45) is 0 Å². The largest absolute Gasteiger partial charge is 0.344 e. The maximum atomic E-state index is 2.27. The Morgan fingerprint density at radius 1 is 0.516 bits per heavy atom. The van der Waals surface area contributed by atoms with Crippen LogP contribution in [0.15, 0.2) is 115 Å². The van der Waals surface area contributed by atoms with E-state index in [1.807, 2.05) is 0 Å². The van der Waals surface area contributed by atoms with Gasteiger partial charge in [0.05, 0.1) is 0 Å². The van der Waals surface area contributed by atoms with Crippen LogP contribution in [0.25, 0.3) is 33.0 Å². The molecule has 0 saturated heterocycles. The summed E-state index contributed by atoms with van der Waals surface area (Å²) in [6.45, 7) is 2.14. The van der Waals surface area contributed by atoms with Crippen molar-refractivity contribution in [1.29, 1.82) is 0 Å². The summed E-state index contributed by atoms with van der Waals surface area (Å²) >= 11 is 0. The normalized spacial score (nSPS) is 10.9. The Hall–Kier alpha value is -3.84. The highest BCUT2D eigenvalue weighted by Gasteiger charge is 2.11. The van der Waals surface area contributed by atoms with Crippen LogP contribution in [-0.4, -0.2) is 7.05 Å². The summed E-state index contributed by atoms with van der Waals surface area (Å²) in [5.74, 6) is 0. The number of hydrogen-bond acceptors (Lipinski definition) is 1. The first-order valence-corrected chi connectivity index (χ1v) is 10.7. The van der Waals surface area contributed by atoms with Crippen LogP contribution >= 0.6 is 0 Å². The third-order valence-corrected chi connectivity index (χ3v) is 5.93. The fourth-order valence-electron chi connectivity index (χ4n) is 4.20. The zero-order valence-electron chi connectivity index (χ0n) is 17.9. The van der Waals surface area contributed by atoms with E-state index in [2.05, 4.69) is 134 Å². The van der Waals surface area contributed by atoms with Crippen molar-refractivity contribution in [3.05, 3.63) is 121 Å². The van der Waals surface area contributed by atoms with Gasteiger partial charge < -0.3 is 4.90 Å². The number of nitrogens with zero attached hydrogens (tertiary/aromatic N) is 1. The number of aryl methyl sites for hydroxylation is 1. The van der Waals surface area contributed by atoms with Gasteiger partial charge >= 0.3 is 0 Å². The van der Waals surface area contributed by atoms with Crippen LogP contribution in [-0.2, 0) is 0 Å². The highest BCUT2D eigenvalue weighted by atomic mass is 15.1. The quantitative estimate of drug-likeness (QED) is 0.294. The van der Waals surface area contributed by atoms with Gasteiger partial charge in [0.15, 0.2) is 0 Å². The molecule has 0 heterocycles. The summed E-state index contributed by atoms with van der Waals surface area (Å²) in [5, 5.41) is 2.52. The number of anilines is 2. The van der Waals surface area contributed by atoms with Gasteiger partial charge in [-0.2, -0.15) is 0 Å². The Kier molecular flexibility index (Phi) is 5.01. The molecule has 0 radical (unpaired) electrons. The monoisotopic (exact) mass is 399 g/mol. The molecule has 0 N–H and O–H groups in total. The standard InChI is InChI=1S/C30H25N/c1-22-8-7-11-26(20-22)24-14-16-25(17-15-24)29-12-5-6-13-30(29)31(2)28-19-18-23-9-3-4-10-27(23)21-28/h3-21H,1-2H3. The van der Waals surface area contributed by atoms with Crippen molar-refractivity contribution in [3.8, 4) is 22.3 Å². The minimum absolute atomic E-state index is 1.18. The molecule has 150 valence electrons. The molecule has 0 aliphatic carbocycles. The molecular weight excluding hydrogens is 374 g/mol. The predicted octanol–water partition coefficient (Wildman–Crippen LogP) is 8.25. The number of benzene rings is 5. The molecule has 0 aliphatic rings. The molecule has 0 saturated carbocycles. The number of fused-ring (bicyclic) bond motifs is 1. The first-order chi connectivity index (χ1) is 15.2. The third-order valence-electron chi connectivity index (χ3n) is 5.93. The Bertz CT molecular complexity index is 1350. The first-order valence-electron chi connectivity index (χ1n) is 10.7. The second kappa shape index (κ2) is 8.12. The average Bonchev–Trinajstić information content (AvgIpc) is 2.83. The molecule has 31 heavy (non-hydrogen) atoms. The molecule has 5 aromatic carbocycles. The third kappa shape index (κ3) is 3.83. The smallest absolute Gasteiger partial charge is 0.0487 e. The second-order valence-corrected chi connectivity index (χ2v) is 8.05. The Labute approximate surface area is 184 Å². The fraction of sp³-hybridized carbons (Fsp3) is 0.0667. The number of para-hydroxylation sites is 1. The molecule has 0 spiro atoms. The highest BCUT2D eigenvalue weighted by molar-refractivity contribution is 5.89. The maximum absolute atomic E-state index is 2.27. The first kappa shape index (κ1) is 19.1. The zero-order valence-corrected chi connectivity index (χ0v) is 17.9. The van der Waals surface area contributed by atoms with Crippen molar-refractivity contribution in [3.63, 3.8) is 0 Å². The van der Waals surface area contributed by atoms with Crippen LogP contribution < -0.4 is 4.90 Å². The maximum Gasteiger partial charge on any atom is 0.0487 e.